The molecule has 0 heterocycles. The largest absolute Gasteiger partial charge is 0.480 e. The van der Waals surface area contributed by atoms with Crippen molar-refractivity contribution < 1.29 is 18.3 Å². The summed E-state index contributed by atoms with van der Waals surface area (Å²) in [6, 6.07) is 11.1. The van der Waals surface area contributed by atoms with Crippen molar-refractivity contribution in [1.29, 1.82) is 0 Å². The number of carboxylic acid groups (broad SMARTS) is 1. The molecule has 0 aromatic heterocycles. The number of carboxylic acids is 1. The predicted octanol–water partition coefficient (Wildman–Crippen LogP) is 3.31. The van der Waals surface area contributed by atoms with Gasteiger partial charge in [0, 0.05) is 7.05 Å². The van der Waals surface area contributed by atoms with Crippen LogP contribution >= 0.6 is 23.2 Å². The Bertz CT molecular complexity index is 840. The van der Waals surface area contributed by atoms with Crippen LogP contribution in [0.4, 0.5) is 0 Å². The molecule has 0 aliphatic rings. The monoisotopic (exact) mass is 387 g/mol. The number of nitrogens with zero attached hydrogens (tertiary/aromatic N) is 1. The first-order chi connectivity index (χ1) is 11.2. The van der Waals surface area contributed by atoms with Crippen molar-refractivity contribution in [3.05, 3.63) is 64.1 Å². The van der Waals surface area contributed by atoms with Crippen molar-refractivity contribution in [3.8, 4) is 0 Å². The lowest BCUT2D eigenvalue weighted by molar-refractivity contribution is -0.141. The first-order valence-corrected chi connectivity index (χ1v) is 9.13. The van der Waals surface area contributed by atoms with Gasteiger partial charge >= 0.3 is 5.97 Å². The summed E-state index contributed by atoms with van der Waals surface area (Å²) < 4.78 is 26.1. The lowest BCUT2D eigenvalue weighted by Gasteiger charge is -2.24. The Balaban J connectivity index is 2.33. The highest BCUT2D eigenvalue weighted by molar-refractivity contribution is 7.89. The highest BCUT2D eigenvalue weighted by atomic mass is 35.5. The van der Waals surface area contributed by atoms with Crippen molar-refractivity contribution in [2.45, 2.75) is 17.4 Å². The van der Waals surface area contributed by atoms with Crippen LogP contribution in [0.3, 0.4) is 0 Å². The quantitative estimate of drug-likeness (QED) is 0.824. The van der Waals surface area contributed by atoms with Crippen LogP contribution < -0.4 is 0 Å². The maximum atomic E-state index is 12.6. The Hall–Kier alpha value is -1.60. The topological polar surface area (TPSA) is 74.7 Å². The third kappa shape index (κ3) is 4.08. The smallest absolute Gasteiger partial charge is 0.322 e. The molecule has 0 saturated carbocycles. The fraction of sp³-hybridized carbons (Fsp3) is 0.188. The van der Waals surface area contributed by atoms with Crippen molar-refractivity contribution in [1.82, 2.24) is 4.31 Å². The molecular weight excluding hydrogens is 373 g/mol. The first kappa shape index (κ1) is 18.7. The van der Waals surface area contributed by atoms with Gasteiger partial charge in [-0.05, 0) is 36.2 Å². The van der Waals surface area contributed by atoms with Crippen LogP contribution in [0, 0.1) is 0 Å². The number of carbonyl (C=O) groups is 1. The minimum atomic E-state index is -3.93. The van der Waals surface area contributed by atoms with Crippen molar-refractivity contribution >= 4 is 39.2 Å². The highest BCUT2D eigenvalue weighted by Gasteiger charge is 2.32. The molecule has 0 spiro atoms. The summed E-state index contributed by atoms with van der Waals surface area (Å²) in [5, 5.41) is 10.1. The number of halogens is 2. The summed E-state index contributed by atoms with van der Waals surface area (Å²) in [7, 11) is -2.68. The van der Waals surface area contributed by atoms with Crippen LogP contribution in [0.1, 0.15) is 5.56 Å². The Morgan fingerprint density at radius 1 is 1.12 bits per heavy atom. The minimum absolute atomic E-state index is 0.0330. The van der Waals surface area contributed by atoms with Crippen molar-refractivity contribution in [3.63, 3.8) is 0 Å². The van der Waals surface area contributed by atoms with Gasteiger partial charge in [0.25, 0.3) is 0 Å². The zero-order chi connectivity index (χ0) is 17.9. The molecule has 8 heteroatoms. The van der Waals surface area contributed by atoms with Gasteiger partial charge in [0.1, 0.15) is 6.04 Å². The summed E-state index contributed by atoms with van der Waals surface area (Å²) >= 11 is 11.8. The zero-order valence-electron chi connectivity index (χ0n) is 12.7. The van der Waals surface area contributed by atoms with Gasteiger partial charge in [0.2, 0.25) is 10.0 Å². The molecule has 2 rings (SSSR count). The Labute approximate surface area is 150 Å². The second-order valence-corrected chi connectivity index (χ2v) is 7.95. The molecule has 0 radical (unpaired) electrons. The van der Waals surface area contributed by atoms with Crippen LogP contribution in [0.15, 0.2) is 53.4 Å². The molecule has 1 N–H and O–H groups in total. The van der Waals surface area contributed by atoms with Crippen molar-refractivity contribution in [2.75, 3.05) is 7.05 Å². The number of benzene rings is 2. The van der Waals surface area contributed by atoms with E-state index in [1.165, 1.54) is 25.2 Å². The third-order valence-electron chi connectivity index (χ3n) is 3.56. The molecule has 5 nitrogen and oxygen atoms in total. The van der Waals surface area contributed by atoms with Gasteiger partial charge in [0.15, 0.2) is 0 Å². The molecule has 128 valence electrons. The molecule has 24 heavy (non-hydrogen) atoms. The van der Waals surface area contributed by atoms with E-state index in [2.05, 4.69) is 0 Å². The van der Waals surface area contributed by atoms with Crippen molar-refractivity contribution in [2.24, 2.45) is 0 Å². The van der Waals surface area contributed by atoms with Crippen LogP contribution in [0.25, 0.3) is 0 Å². The molecule has 0 aliphatic heterocycles. The van der Waals surface area contributed by atoms with Crippen LogP contribution in [-0.2, 0) is 21.2 Å². The normalized spacial score (nSPS) is 13.0. The molecule has 2 aromatic rings. The predicted molar refractivity (Wildman–Crippen MR) is 93.0 cm³/mol. The highest BCUT2D eigenvalue weighted by Crippen LogP contribution is 2.25. The van der Waals surface area contributed by atoms with Crippen LogP contribution in [0.2, 0.25) is 10.0 Å². The molecular formula is C16H15Cl2NO4S. The minimum Gasteiger partial charge on any atom is -0.480 e. The van der Waals surface area contributed by atoms with Crippen LogP contribution in [0.5, 0.6) is 0 Å². The average Bonchev–Trinajstić information content (AvgIpc) is 2.55. The van der Waals surface area contributed by atoms with Gasteiger partial charge < -0.3 is 5.11 Å². The van der Waals surface area contributed by atoms with Gasteiger partial charge in [-0.25, -0.2) is 8.42 Å². The molecule has 0 unspecified atom stereocenters. The number of sulfonamides is 1. The lowest BCUT2D eigenvalue weighted by Crippen LogP contribution is -2.43. The second kappa shape index (κ2) is 7.53. The zero-order valence-corrected chi connectivity index (χ0v) is 15.0. The summed E-state index contributed by atoms with van der Waals surface area (Å²) in [5.74, 6) is -1.25. The Morgan fingerprint density at radius 3 is 2.29 bits per heavy atom. The molecule has 0 amide bonds. The molecule has 1 atom stereocenters. The molecule has 2 aromatic carbocycles. The number of rotatable bonds is 6. The van der Waals surface area contributed by atoms with Gasteiger partial charge in [-0.1, -0.05) is 47.5 Å². The summed E-state index contributed by atoms with van der Waals surface area (Å²) in [6.07, 6.45) is -0.0330. The fourth-order valence-corrected chi connectivity index (χ4v) is 3.84. The van der Waals surface area contributed by atoms with Gasteiger partial charge in [0.05, 0.1) is 14.9 Å². The van der Waals surface area contributed by atoms with E-state index in [-0.39, 0.29) is 16.3 Å². The third-order valence-corrected chi connectivity index (χ3v) is 6.18. The number of aliphatic carboxylic acids is 1. The molecule has 0 saturated heterocycles. The maximum Gasteiger partial charge on any atom is 0.322 e. The Kier molecular flexibility index (Phi) is 5.87. The first-order valence-electron chi connectivity index (χ1n) is 6.93. The molecule has 0 fully saturated rings. The summed E-state index contributed by atoms with van der Waals surface area (Å²) in [5.41, 5.74) is 0.576. The maximum absolute atomic E-state index is 12.6. The summed E-state index contributed by atoms with van der Waals surface area (Å²) in [6.45, 7) is 0. The van der Waals surface area contributed by atoms with E-state index >= 15 is 0 Å². The number of hydrogen-bond acceptors (Lipinski definition) is 3. The fourth-order valence-electron chi connectivity index (χ4n) is 2.19. The van der Waals surface area contributed by atoms with E-state index in [4.69, 9.17) is 23.2 Å². The van der Waals surface area contributed by atoms with E-state index in [1.807, 2.05) is 0 Å². The standard InChI is InChI=1S/C16H15Cl2NO4S/c1-19(24(22,23)12-5-3-2-4-6-12)15(16(20)21)10-11-7-8-13(17)14(18)9-11/h2-9,15H,10H2,1H3,(H,20,21)/t15-/m1/s1. The van der Waals surface area contributed by atoms with E-state index in [0.717, 1.165) is 4.31 Å². The van der Waals surface area contributed by atoms with Gasteiger partial charge in [-0.2, -0.15) is 4.31 Å². The Morgan fingerprint density at radius 2 is 1.75 bits per heavy atom. The van der Waals surface area contributed by atoms with E-state index < -0.39 is 22.0 Å². The number of hydrogen-bond donors (Lipinski definition) is 1. The van der Waals surface area contributed by atoms with E-state index in [1.54, 1.807) is 30.3 Å². The molecule has 0 bridgehead atoms. The van der Waals surface area contributed by atoms with Crippen LogP contribution in [-0.4, -0.2) is 36.9 Å². The number of likely N-dealkylation sites (N-methyl/N-ethyl adjacent to an activating group) is 1. The molecule has 0 aliphatic carbocycles. The lowest BCUT2D eigenvalue weighted by atomic mass is 10.1. The summed E-state index contributed by atoms with van der Waals surface area (Å²) in [4.78, 5) is 11.6. The average molecular weight is 388 g/mol. The SMILES string of the molecule is CN([C@H](Cc1ccc(Cl)c(Cl)c1)C(=O)O)S(=O)(=O)c1ccccc1. The van der Waals surface area contributed by atoms with Gasteiger partial charge in [-0.15, -0.1) is 0 Å². The van der Waals surface area contributed by atoms with E-state index in [9.17, 15) is 18.3 Å². The van der Waals surface area contributed by atoms with Gasteiger partial charge in [-0.3, -0.25) is 4.79 Å². The van der Waals surface area contributed by atoms with E-state index in [0.29, 0.717) is 10.6 Å². The second-order valence-electron chi connectivity index (χ2n) is 5.14.